The first-order valence-electron chi connectivity index (χ1n) is 10.2. The Morgan fingerprint density at radius 3 is 2.70 bits per heavy atom. The third-order valence-electron chi connectivity index (χ3n) is 6.04. The number of aryl methyl sites for hydroxylation is 1. The standard InChI is InChI=1S/C24H23N3OS2/c1-15-7-6-10-19(16(15)2)27-23(28)21-18-11-12-26(13-17-8-4-3-5-9-17)14-20(18)30-22(21)25-24(27)29/h3-10H,11-14H2,1-2H3,(H,25,29). The van der Waals surface area contributed by atoms with Crippen LogP contribution in [0.15, 0.2) is 53.3 Å². The third-order valence-corrected chi connectivity index (χ3v) is 7.46. The van der Waals surface area contributed by atoms with E-state index in [2.05, 4.69) is 47.1 Å². The van der Waals surface area contributed by atoms with E-state index in [0.29, 0.717) is 4.77 Å². The second kappa shape index (κ2) is 7.61. The summed E-state index contributed by atoms with van der Waals surface area (Å²) in [5.41, 5.74) is 5.60. The number of H-pyrrole nitrogens is 1. The van der Waals surface area contributed by atoms with Crippen LogP contribution in [0.25, 0.3) is 15.9 Å². The molecule has 0 unspecified atom stereocenters. The molecule has 4 nitrogen and oxygen atoms in total. The summed E-state index contributed by atoms with van der Waals surface area (Å²) < 4.78 is 2.13. The molecule has 5 rings (SSSR count). The van der Waals surface area contributed by atoms with Gasteiger partial charge in [0.1, 0.15) is 4.83 Å². The summed E-state index contributed by atoms with van der Waals surface area (Å²) in [5, 5.41) is 0.809. The maximum Gasteiger partial charge on any atom is 0.267 e. The Bertz CT molecular complexity index is 1370. The first-order chi connectivity index (χ1) is 14.5. The Balaban J connectivity index is 1.59. The summed E-state index contributed by atoms with van der Waals surface area (Å²) in [6.07, 6.45) is 0.884. The fourth-order valence-electron chi connectivity index (χ4n) is 4.30. The predicted molar refractivity (Wildman–Crippen MR) is 126 cm³/mol. The van der Waals surface area contributed by atoms with Crippen LogP contribution in [0.3, 0.4) is 0 Å². The Morgan fingerprint density at radius 1 is 1.10 bits per heavy atom. The van der Waals surface area contributed by atoms with E-state index in [9.17, 15) is 4.79 Å². The van der Waals surface area contributed by atoms with E-state index >= 15 is 0 Å². The van der Waals surface area contributed by atoms with Crippen LogP contribution in [-0.2, 0) is 19.5 Å². The van der Waals surface area contributed by atoms with E-state index in [1.807, 2.05) is 25.1 Å². The zero-order valence-corrected chi connectivity index (χ0v) is 18.7. The molecule has 152 valence electrons. The lowest BCUT2D eigenvalue weighted by molar-refractivity contribution is 0.249. The molecule has 0 atom stereocenters. The first kappa shape index (κ1) is 19.4. The van der Waals surface area contributed by atoms with Gasteiger partial charge in [-0.25, -0.2) is 0 Å². The average Bonchev–Trinajstić information content (AvgIpc) is 3.09. The average molecular weight is 434 g/mol. The molecular formula is C24H23N3OS2. The highest BCUT2D eigenvalue weighted by atomic mass is 32.1. The zero-order chi connectivity index (χ0) is 20.8. The van der Waals surface area contributed by atoms with Crippen molar-refractivity contribution in [3.8, 4) is 5.69 Å². The van der Waals surface area contributed by atoms with Gasteiger partial charge in [0.15, 0.2) is 4.77 Å². The molecule has 0 bridgehead atoms. The molecule has 30 heavy (non-hydrogen) atoms. The van der Waals surface area contributed by atoms with Crippen molar-refractivity contribution in [2.24, 2.45) is 0 Å². The molecule has 0 radical (unpaired) electrons. The predicted octanol–water partition coefficient (Wildman–Crippen LogP) is 5.28. The number of aromatic nitrogens is 2. The van der Waals surface area contributed by atoms with Gasteiger partial charge >= 0.3 is 0 Å². The van der Waals surface area contributed by atoms with Gasteiger partial charge in [-0.05, 0) is 60.8 Å². The van der Waals surface area contributed by atoms with Gasteiger partial charge in [0.25, 0.3) is 5.56 Å². The zero-order valence-electron chi connectivity index (χ0n) is 17.1. The lowest BCUT2D eigenvalue weighted by atomic mass is 10.0. The number of nitrogens with one attached hydrogen (secondary N) is 1. The summed E-state index contributed by atoms with van der Waals surface area (Å²) in [7, 11) is 0. The summed E-state index contributed by atoms with van der Waals surface area (Å²) >= 11 is 7.28. The van der Waals surface area contributed by atoms with Gasteiger partial charge in [-0.2, -0.15) is 0 Å². The van der Waals surface area contributed by atoms with Gasteiger partial charge in [-0.1, -0.05) is 42.5 Å². The van der Waals surface area contributed by atoms with Gasteiger partial charge in [0.2, 0.25) is 0 Å². The van der Waals surface area contributed by atoms with Crippen LogP contribution in [0.5, 0.6) is 0 Å². The van der Waals surface area contributed by atoms with Crippen LogP contribution in [0, 0.1) is 18.6 Å². The van der Waals surface area contributed by atoms with Crippen molar-refractivity contribution in [3.05, 3.63) is 90.8 Å². The highest BCUT2D eigenvalue weighted by Gasteiger charge is 2.24. The molecule has 2 aromatic heterocycles. The number of hydrogen-bond donors (Lipinski definition) is 1. The van der Waals surface area contributed by atoms with Crippen LogP contribution in [0.4, 0.5) is 0 Å². The second-order valence-corrected chi connectivity index (χ2v) is 9.44. The van der Waals surface area contributed by atoms with E-state index in [0.717, 1.165) is 53.1 Å². The largest absolute Gasteiger partial charge is 0.323 e. The maximum atomic E-state index is 13.6. The van der Waals surface area contributed by atoms with Crippen molar-refractivity contribution in [2.45, 2.75) is 33.4 Å². The van der Waals surface area contributed by atoms with E-state index < -0.39 is 0 Å². The van der Waals surface area contributed by atoms with Gasteiger partial charge in [-0.15, -0.1) is 11.3 Å². The van der Waals surface area contributed by atoms with Crippen molar-refractivity contribution >= 4 is 33.8 Å². The molecule has 0 amide bonds. The number of benzene rings is 2. The number of fused-ring (bicyclic) bond motifs is 3. The fraction of sp³-hybridized carbons (Fsp3) is 0.250. The van der Waals surface area contributed by atoms with Gasteiger partial charge in [0, 0.05) is 24.5 Å². The summed E-state index contributed by atoms with van der Waals surface area (Å²) in [6.45, 7) is 6.85. The van der Waals surface area contributed by atoms with E-state index in [1.54, 1.807) is 15.9 Å². The lowest BCUT2D eigenvalue weighted by Gasteiger charge is -2.26. The molecule has 1 aliphatic rings. The quantitative estimate of drug-likeness (QED) is 0.447. The number of hydrogen-bond acceptors (Lipinski definition) is 4. The highest BCUT2D eigenvalue weighted by Crippen LogP contribution is 2.33. The molecule has 3 heterocycles. The fourth-order valence-corrected chi connectivity index (χ4v) is 5.93. The van der Waals surface area contributed by atoms with Crippen molar-refractivity contribution in [1.29, 1.82) is 0 Å². The van der Waals surface area contributed by atoms with Crippen LogP contribution >= 0.6 is 23.6 Å². The van der Waals surface area contributed by atoms with Gasteiger partial charge < -0.3 is 4.98 Å². The molecule has 0 saturated heterocycles. The van der Waals surface area contributed by atoms with Crippen molar-refractivity contribution in [1.82, 2.24) is 14.5 Å². The molecule has 0 aliphatic carbocycles. The van der Waals surface area contributed by atoms with Crippen molar-refractivity contribution in [3.63, 3.8) is 0 Å². The molecule has 6 heteroatoms. The van der Waals surface area contributed by atoms with Gasteiger partial charge in [-0.3, -0.25) is 14.3 Å². The third kappa shape index (κ3) is 3.25. The second-order valence-electron chi connectivity index (χ2n) is 7.94. The Hall–Kier alpha value is -2.54. The Kier molecular flexibility index (Phi) is 4.93. The molecule has 4 aromatic rings. The molecule has 0 fully saturated rings. The molecule has 1 aliphatic heterocycles. The summed E-state index contributed by atoms with van der Waals surface area (Å²) in [6, 6.07) is 16.6. The number of aromatic amines is 1. The number of thiophene rings is 1. The van der Waals surface area contributed by atoms with E-state index in [-0.39, 0.29) is 5.56 Å². The number of nitrogens with zero attached hydrogens (tertiary/aromatic N) is 2. The summed E-state index contributed by atoms with van der Waals surface area (Å²) in [5.74, 6) is 0. The highest BCUT2D eigenvalue weighted by molar-refractivity contribution is 7.71. The summed E-state index contributed by atoms with van der Waals surface area (Å²) in [4.78, 5) is 21.6. The molecular weight excluding hydrogens is 410 g/mol. The SMILES string of the molecule is Cc1cccc(-n2c(=S)[nH]c3sc4c(c3c2=O)CCN(Cc2ccccc2)C4)c1C. The van der Waals surface area contributed by atoms with E-state index in [1.165, 1.54) is 16.0 Å². The minimum absolute atomic E-state index is 0.00328. The van der Waals surface area contributed by atoms with Crippen LogP contribution in [0.1, 0.15) is 27.1 Å². The lowest BCUT2D eigenvalue weighted by Crippen LogP contribution is -2.30. The van der Waals surface area contributed by atoms with Crippen LogP contribution < -0.4 is 5.56 Å². The minimum atomic E-state index is -0.00328. The van der Waals surface area contributed by atoms with Crippen LogP contribution in [0.2, 0.25) is 0 Å². The Labute approximate surface area is 184 Å². The molecule has 0 spiro atoms. The number of rotatable bonds is 3. The molecule has 0 saturated carbocycles. The normalized spacial score (nSPS) is 14.2. The smallest absolute Gasteiger partial charge is 0.267 e. The van der Waals surface area contributed by atoms with Gasteiger partial charge in [0.05, 0.1) is 11.1 Å². The topological polar surface area (TPSA) is 41.0 Å². The monoisotopic (exact) mass is 433 g/mol. The molecule has 2 aromatic carbocycles. The van der Waals surface area contributed by atoms with E-state index in [4.69, 9.17) is 12.2 Å². The minimum Gasteiger partial charge on any atom is -0.323 e. The van der Waals surface area contributed by atoms with Crippen molar-refractivity contribution in [2.75, 3.05) is 6.54 Å². The maximum absolute atomic E-state index is 13.6. The molecule has 1 N–H and O–H groups in total. The van der Waals surface area contributed by atoms with Crippen molar-refractivity contribution < 1.29 is 0 Å². The van der Waals surface area contributed by atoms with Crippen LogP contribution in [-0.4, -0.2) is 21.0 Å². The Morgan fingerprint density at radius 2 is 1.90 bits per heavy atom. The first-order valence-corrected chi connectivity index (χ1v) is 11.4.